The molecule has 0 fully saturated rings. The van der Waals surface area contributed by atoms with E-state index in [2.05, 4.69) is 11.4 Å². The molecule has 0 atom stereocenters. The molecular weight excluding hydrogens is 373 g/mol. The average Bonchev–Trinajstić information content (AvgIpc) is 2.66. The van der Waals surface area contributed by atoms with Crippen LogP contribution in [0.15, 0.2) is 40.8 Å². The molecule has 1 aliphatic rings. The van der Waals surface area contributed by atoms with Gasteiger partial charge >= 0.3 is 5.97 Å². The molecule has 0 saturated heterocycles. The fourth-order valence-electron chi connectivity index (χ4n) is 2.74. The van der Waals surface area contributed by atoms with Crippen LogP contribution in [-0.2, 0) is 24.2 Å². The lowest BCUT2D eigenvalue weighted by Gasteiger charge is -2.13. The van der Waals surface area contributed by atoms with Crippen molar-refractivity contribution in [1.82, 2.24) is 5.32 Å². The lowest BCUT2D eigenvalue weighted by molar-refractivity contribution is -0.148. The second kappa shape index (κ2) is 10.2. The van der Waals surface area contributed by atoms with Gasteiger partial charge in [0.2, 0.25) is 0 Å². The molecule has 0 aromatic heterocycles. The lowest BCUT2D eigenvalue weighted by atomic mass is 9.97. The number of hydrogen-bond donors (Lipinski definition) is 1. The van der Waals surface area contributed by atoms with E-state index in [-0.39, 0.29) is 11.3 Å². The van der Waals surface area contributed by atoms with Crippen LogP contribution in [0.25, 0.3) is 0 Å². The molecule has 6 nitrogen and oxygen atoms in total. The Balaban J connectivity index is 1.65. The maximum Gasteiger partial charge on any atom is 0.307 e. The van der Waals surface area contributed by atoms with Gasteiger partial charge in [-0.1, -0.05) is 11.6 Å². The quantitative estimate of drug-likeness (QED) is 0.393. The zero-order valence-corrected chi connectivity index (χ0v) is 15.9. The molecule has 27 heavy (non-hydrogen) atoms. The summed E-state index contributed by atoms with van der Waals surface area (Å²) in [5.41, 5.74) is 1.34. The van der Waals surface area contributed by atoms with E-state index in [9.17, 15) is 22.4 Å². The van der Waals surface area contributed by atoms with Gasteiger partial charge in [-0.15, -0.1) is 0 Å². The first kappa shape index (κ1) is 21.1. The van der Waals surface area contributed by atoms with Gasteiger partial charge in [0, 0.05) is 6.54 Å². The lowest BCUT2D eigenvalue weighted by Crippen LogP contribution is -2.30. The molecule has 1 aromatic carbocycles. The van der Waals surface area contributed by atoms with Crippen LogP contribution in [0.2, 0.25) is 0 Å². The Bertz CT molecular complexity index is 787. The zero-order chi connectivity index (χ0) is 19.7. The third-order valence-electron chi connectivity index (χ3n) is 4.27. The van der Waals surface area contributed by atoms with E-state index in [4.69, 9.17) is 4.74 Å². The van der Waals surface area contributed by atoms with E-state index < -0.39 is 39.9 Å². The zero-order valence-electron chi connectivity index (χ0n) is 15.1. The summed E-state index contributed by atoms with van der Waals surface area (Å²) in [7, 11) is -3.71. The Hall–Kier alpha value is -2.22. The number of amides is 1. The summed E-state index contributed by atoms with van der Waals surface area (Å²) in [4.78, 5) is 23.3. The van der Waals surface area contributed by atoms with Crippen molar-refractivity contribution in [3.05, 3.63) is 41.7 Å². The highest BCUT2D eigenvalue weighted by atomic mass is 32.2. The van der Waals surface area contributed by atoms with Crippen molar-refractivity contribution in [2.75, 3.05) is 18.9 Å². The Morgan fingerprint density at radius 3 is 2.56 bits per heavy atom. The van der Waals surface area contributed by atoms with Crippen molar-refractivity contribution in [2.24, 2.45) is 0 Å². The van der Waals surface area contributed by atoms with Crippen molar-refractivity contribution in [3.63, 3.8) is 0 Å². The van der Waals surface area contributed by atoms with Crippen LogP contribution in [0.4, 0.5) is 4.39 Å². The molecule has 0 aliphatic heterocycles. The molecule has 148 valence electrons. The van der Waals surface area contributed by atoms with E-state index in [1.807, 2.05) is 0 Å². The SMILES string of the molecule is O=C(COC(=O)CCS(=O)(=O)c1ccc(F)cc1)NCCC1=CCCCC1. The Kier molecular flexibility index (Phi) is 7.97. The predicted molar refractivity (Wildman–Crippen MR) is 98.2 cm³/mol. The minimum Gasteiger partial charge on any atom is -0.456 e. The summed E-state index contributed by atoms with van der Waals surface area (Å²) in [5.74, 6) is -2.20. The molecule has 1 aromatic rings. The van der Waals surface area contributed by atoms with E-state index in [0.717, 1.165) is 43.5 Å². The number of rotatable bonds is 9. The fourth-order valence-corrected chi connectivity index (χ4v) is 3.96. The van der Waals surface area contributed by atoms with Crippen molar-refractivity contribution in [1.29, 1.82) is 0 Å². The van der Waals surface area contributed by atoms with Gasteiger partial charge in [0.15, 0.2) is 16.4 Å². The number of ether oxygens (including phenoxy) is 1. The Morgan fingerprint density at radius 2 is 1.89 bits per heavy atom. The first-order valence-electron chi connectivity index (χ1n) is 8.95. The Labute approximate surface area is 158 Å². The number of carbonyl (C=O) groups is 2. The second-order valence-electron chi connectivity index (χ2n) is 6.39. The van der Waals surface area contributed by atoms with Crippen LogP contribution >= 0.6 is 0 Å². The average molecular weight is 397 g/mol. The minimum absolute atomic E-state index is 0.0635. The highest BCUT2D eigenvalue weighted by molar-refractivity contribution is 7.91. The molecule has 1 aliphatic carbocycles. The summed E-state index contributed by atoms with van der Waals surface area (Å²) < 4.78 is 41.8. The van der Waals surface area contributed by atoms with E-state index in [1.54, 1.807) is 0 Å². The van der Waals surface area contributed by atoms with Crippen molar-refractivity contribution in [2.45, 2.75) is 43.4 Å². The molecule has 0 bridgehead atoms. The van der Waals surface area contributed by atoms with Crippen LogP contribution < -0.4 is 5.32 Å². The van der Waals surface area contributed by atoms with Crippen LogP contribution in [0.3, 0.4) is 0 Å². The number of nitrogens with one attached hydrogen (secondary N) is 1. The maximum absolute atomic E-state index is 12.8. The Morgan fingerprint density at radius 1 is 1.15 bits per heavy atom. The standard InChI is InChI=1S/C19H24FNO5S/c20-16-6-8-17(9-7-16)27(24,25)13-11-19(23)26-14-18(22)21-12-10-15-4-2-1-3-5-15/h4,6-9H,1-3,5,10-14H2,(H,21,22). The molecule has 0 heterocycles. The largest absolute Gasteiger partial charge is 0.456 e. The summed E-state index contributed by atoms with van der Waals surface area (Å²) >= 11 is 0. The molecule has 0 radical (unpaired) electrons. The fraction of sp³-hybridized carbons (Fsp3) is 0.474. The second-order valence-corrected chi connectivity index (χ2v) is 8.50. The van der Waals surface area contributed by atoms with E-state index >= 15 is 0 Å². The summed E-state index contributed by atoms with van der Waals surface area (Å²) in [6.07, 6.45) is 7.16. The van der Waals surface area contributed by atoms with Gasteiger partial charge in [0.25, 0.3) is 5.91 Å². The van der Waals surface area contributed by atoms with Crippen molar-refractivity contribution >= 4 is 21.7 Å². The number of benzene rings is 1. The van der Waals surface area contributed by atoms with Gasteiger partial charge in [-0.3, -0.25) is 9.59 Å². The summed E-state index contributed by atoms with van der Waals surface area (Å²) in [5, 5.41) is 2.68. The van der Waals surface area contributed by atoms with Gasteiger partial charge in [-0.25, -0.2) is 12.8 Å². The number of esters is 1. The number of sulfone groups is 1. The van der Waals surface area contributed by atoms with E-state index in [0.29, 0.717) is 6.54 Å². The van der Waals surface area contributed by atoms with Gasteiger partial charge < -0.3 is 10.1 Å². The first-order chi connectivity index (χ1) is 12.9. The van der Waals surface area contributed by atoms with Crippen LogP contribution in [-0.4, -0.2) is 39.2 Å². The molecule has 0 spiro atoms. The van der Waals surface area contributed by atoms with Crippen LogP contribution in [0.1, 0.15) is 38.5 Å². The van der Waals surface area contributed by atoms with Crippen LogP contribution in [0.5, 0.6) is 0 Å². The monoisotopic (exact) mass is 397 g/mol. The molecule has 1 N–H and O–H groups in total. The number of hydrogen-bond acceptors (Lipinski definition) is 5. The van der Waals surface area contributed by atoms with Gasteiger partial charge in [0.05, 0.1) is 17.1 Å². The van der Waals surface area contributed by atoms with Crippen molar-refractivity contribution in [3.8, 4) is 0 Å². The third-order valence-corrected chi connectivity index (χ3v) is 6.00. The van der Waals surface area contributed by atoms with Crippen molar-refractivity contribution < 1.29 is 27.1 Å². The maximum atomic E-state index is 12.8. The molecule has 8 heteroatoms. The van der Waals surface area contributed by atoms with Gasteiger partial charge in [-0.05, 0) is 56.4 Å². The molecule has 1 amide bonds. The summed E-state index contributed by atoms with van der Waals surface area (Å²) in [6.45, 7) is 0.0512. The molecule has 2 rings (SSSR count). The summed E-state index contributed by atoms with van der Waals surface area (Å²) in [6, 6.07) is 4.37. The topological polar surface area (TPSA) is 89.5 Å². The number of carbonyl (C=O) groups excluding carboxylic acids is 2. The molecular formula is C19H24FNO5S. The highest BCUT2D eigenvalue weighted by Crippen LogP contribution is 2.19. The number of allylic oxidation sites excluding steroid dienone is 1. The van der Waals surface area contributed by atoms with Gasteiger partial charge in [0.1, 0.15) is 5.82 Å². The highest BCUT2D eigenvalue weighted by Gasteiger charge is 2.18. The molecule has 0 saturated carbocycles. The van der Waals surface area contributed by atoms with Crippen LogP contribution in [0, 0.1) is 5.82 Å². The smallest absolute Gasteiger partial charge is 0.307 e. The number of halogens is 1. The first-order valence-corrected chi connectivity index (χ1v) is 10.6. The van der Waals surface area contributed by atoms with Gasteiger partial charge in [-0.2, -0.15) is 0 Å². The molecule has 0 unspecified atom stereocenters. The minimum atomic E-state index is -3.71. The van der Waals surface area contributed by atoms with E-state index in [1.165, 1.54) is 18.4 Å². The third kappa shape index (κ3) is 7.50. The normalized spacial score (nSPS) is 14.3. The predicted octanol–water partition coefficient (Wildman–Crippen LogP) is 2.54.